The Bertz CT molecular complexity index is 1210. The molecule has 0 radical (unpaired) electrons. The standard InChI is InChI=1S/C24H23BrN2O6/c1-12(2)27-18(16-7-5-6-10-26-16)20(28)15-11-13(25)8-9-14(15)21-19(27)17(23(29)31-3)22(33-21)24(30)32-4/h5-12,18,20,28H,1-4H3/t18-,20-/m1/s1. The normalized spacial score (nSPS) is 17.2. The smallest absolute Gasteiger partial charge is 0.374 e. The molecule has 4 rings (SSSR count). The van der Waals surface area contributed by atoms with Crippen LogP contribution in [0.25, 0.3) is 11.3 Å². The summed E-state index contributed by atoms with van der Waals surface area (Å²) < 4.78 is 16.7. The lowest BCUT2D eigenvalue weighted by molar-refractivity contribution is 0.0529. The molecule has 0 unspecified atom stereocenters. The first kappa shape index (κ1) is 23.0. The van der Waals surface area contributed by atoms with Gasteiger partial charge >= 0.3 is 11.9 Å². The van der Waals surface area contributed by atoms with Crippen molar-refractivity contribution >= 4 is 33.6 Å². The van der Waals surface area contributed by atoms with E-state index in [4.69, 9.17) is 13.9 Å². The quantitative estimate of drug-likeness (QED) is 0.500. The van der Waals surface area contributed by atoms with Gasteiger partial charge in [0.15, 0.2) is 5.76 Å². The molecule has 3 heterocycles. The number of methoxy groups -OCH3 is 2. The molecule has 33 heavy (non-hydrogen) atoms. The minimum absolute atomic E-state index is 0.0584. The van der Waals surface area contributed by atoms with Crippen molar-refractivity contribution in [3.05, 3.63) is 69.6 Å². The van der Waals surface area contributed by atoms with Crippen LogP contribution in [0.4, 0.5) is 5.69 Å². The number of aliphatic hydroxyl groups excluding tert-OH is 1. The number of hydrogen-bond donors (Lipinski definition) is 1. The van der Waals surface area contributed by atoms with Gasteiger partial charge in [-0.25, -0.2) is 9.59 Å². The summed E-state index contributed by atoms with van der Waals surface area (Å²) >= 11 is 3.47. The van der Waals surface area contributed by atoms with E-state index >= 15 is 0 Å². The second-order valence-electron chi connectivity index (χ2n) is 7.84. The number of carbonyl (C=O) groups is 2. The number of esters is 2. The highest BCUT2D eigenvalue weighted by Gasteiger charge is 2.44. The molecule has 1 aromatic carbocycles. The molecule has 0 aliphatic carbocycles. The molecular formula is C24H23BrN2O6. The third-order valence-corrected chi connectivity index (χ3v) is 6.12. The monoisotopic (exact) mass is 514 g/mol. The molecule has 1 N–H and O–H groups in total. The van der Waals surface area contributed by atoms with Crippen molar-refractivity contribution in [1.29, 1.82) is 0 Å². The lowest BCUT2D eigenvalue weighted by atomic mass is 9.95. The van der Waals surface area contributed by atoms with Gasteiger partial charge < -0.3 is 23.9 Å². The summed E-state index contributed by atoms with van der Waals surface area (Å²) in [4.78, 5) is 31.9. The molecule has 1 aliphatic heterocycles. The van der Waals surface area contributed by atoms with Gasteiger partial charge in [0.1, 0.15) is 23.4 Å². The van der Waals surface area contributed by atoms with Gasteiger partial charge in [-0.1, -0.05) is 22.0 Å². The zero-order valence-corrected chi connectivity index (χ0v) is 20.1. The van der Waals surface area contributed by atoms with Crippen LogP contribution in [-0.2, 0) is 9.47 Å². The second-order valence-corrected chi connectivity index (χ2v) is 8.76. The molecule has 1 aliphatic rings. The summed E-state index contributed by atoms with van der Waals surface area (Å²) in [5.74, 6) is -1.55. The Kier molecular flexibility index (Phi) is 6.27. The Balaban J connectivity index is 2.15. The summed E-state index contributed by atoms with van der Waals surface area (Å²) in [7, 11) is 2.44. The lowest BCUT2D eigenvalue weighted by Gasteiger charge is -2.37. The fourth-order valence-electron chi connectivity index (χ4n) is 4.26. The van der Waals surface area contributed by atoms with E-state index in [0.29, 0.717) is 22.5 Å². The Morgan fingerprint density at radius 3 is 2.48 bits per heavy atom. The number of aliphatic hydroxyl groups is 1. The van der Waals surface area contributed by atoms with Gasteiger partial charge in [-0.15, -0.1) is 0 Å². The number of anilines is 1. The van der Waals surface area contributed by atoms with Crippen LogP contribution in [0.3, 0.4) is 0 Å². The molecule has 3 aromatic rings. The van der Waals surface area contributed by atoms with Gasteiger partial charge in [-0.2, -0.15) is 0 Å². The third kappa shape index (κ3) is 3.81. The first-order valence-corrected chi connectivity index (χ1v) is 11.1. The van der Waals surface area contributed by atoms with Gasteiger partial charge in [-0.3, -0.25) is 4.98 Å². The topological polar surface area (TPSA) is 102 Å². The van der Waals surface area contributed by atoms with E-state index in [2.05, 4.69) is 20.9 Å². The number of ether oxygens (including phenoxy) is 2. The number of carbonyl (C=O) groups excluding carboxylic acids is 2. The summed E-state index contributed by atoms with van der Waals surface area (Å²) in [5, 5.41) is 11.6. The predicted molar refractivity (Wildman–Crippen MR) is 124 cm³/mol. The number of fused-ring (bicyclic) bond motifs is 3. The predicted octanol–water partition coefficient (Wildman–Crippen LogP) is 4.68. The highest BCUT2D eigenvalue weighted by molar-refractivity contribution is 9.10. The van der Waals surface area contributed by atoms with Crippen molar-refractivity contribution in [2.45, 2.75) is 32.0 Å². The van der Waals surface area contributed by atoms with Crippen molar-refractivity contribution < 1.29 is 28.6 Å². The van der Waals surface area contributed by atoms with Crippen molar-refractivity contribution in [2.24, 2.45) is 0 Å². The summed E-state index contributed by atoms with van der Waals surface area (Å²) in [6, 6.07) is 9.88. The van der Waals surface area contributed by atoms with E-state index in [0.717, 1.165) is 4.47 Å². The van der Waals surface area contributed by atoms with Gasteiger partial charge in [0.25, 0.3) is 0 Å². The van der Waals surface area contributed by atoms with E-state index in [1.54, 1.807) is 30.5 Å². The first-order valence-electron chi connectivity index (χ1n) is 10.3. The molecule has 2 atom stereocenters. The molecule has 8 nitrogen and oxygen atoms in total. The lowest BCUT2D eigenvalue weighted by Crippen LogP contribution is -2.39. The highest BCUT2D eigenvalue weighted by atomic mass is 79.9. The SMILES string of the molecule is COC(=O)c1oc2c(c1C(=O)OC)N(C(C)C)[C@H](c1ccccn1)[C@H](O)c1cc(Br)ccc1-2. The Labute approximate surface area is 199 Å². The number of pyridine rings is 1. The summed E-state index contributed by atoms with van der Waals surface area (Å²) in [6.45, 7) is 3.84. The number of rotatable bonds is 4. The van der Waals surface area contributed by atoms with E-state index in [1.807, 2.05) is 30.9 Å². The van der Waals surface area contributed by atoms with Crippen molar-refractivity contribution in [1.82, 2.24) is 4.98 Å². The summed E-state index contributed by atoms with van der Waals surface area (Å²) in [6.07, 6.45) is 0.620. The van der Waals surface area contributed by atoms with Gasteiger partial charge in [-0.05, 0) is 49.7 Å². The zero-order valence-electron chi connectivity index (χ0n) is 18.5. The fourth-order valence-corrected chi connectivity index (χ4v) is 4.64. The number of benzene rings is 1. The van der Waals surface area contributed by atoms with Crippen LogP contribution < -0.4 is 4.90 Å². The van der Waals surface area contributed by atoms with Crippen LogP contribution in [0.1, 0.15) is 58.2 Å². The number of furan rings is 1. The van der Waals surface area contributed by atoms with E-state index < -0.39 is 24.1 Å². The molecule has 0 saturated heterocycles. The maximum atomic E-state index is 13.0. The maximum absolute atomic E-state index is 13.0. The molecule has 0 amide bonds. The number of hydrogen-bond acceptors (Lipinski definition) is 8. The van der Waals surface area contributed by atoms with Crippen molar-refractivity contribution in [2.75, 3.05) is 19.1 Å². The second kappa shape index (κ2) is 8.99. The van der Waals surface area contributed by atoms with E-state index in [1.165, 1.54) is 14.2 Å². The van der Waals surface area contributed by atoms with Crippen LogP contribution in [0.5, 0.6) is 0 Å². The number of aromatic nitrogens is 1. The van der Waals surface area contributed by atoms with Gasteiger partial charge in [0, 0.05) is 22.3 Å². The highest BCUT2D eigenvalue weighted by Crippen LogP contribution is 2.52. The minimum Gasteiger partial charge on any atom is -0.465 e. The molecule has 0 spiro atoms. The minimum atomic E-state index is -1.02. The maximum Gasteiger partial charge on any atom is 0.374 e. The van der Waals surface area contributed by atoms with Gasteiger partial charge in [0.2, 0.25) is 5.76 Å². The first-order chi connectivity index (χ1) is 15.8. The number of nitrogens with zero attached hydrogens (tertiary/aromatic N) is 2. The van der Waals surface area contributed by atoms with Crippen LogP contribution >= 0.6 is 15.9 Å². The molecule has 0 fully saturated rings. The fraction of sp³-hybridized carbons (Fsp3) is 0.292. The largest absolute Gasteiger partial charge is 0.465 e. The average Bonchev–Trinajstić information content (AvgIpc) is 3.16. The Hall–Kier alpha value is -3.17. The van der Waals surface area contributed by atoms with Crippen LogP contribution in [0.2, 0.25) is 0 Å². The van der Waals surface area contributed by atoms with Gasteiger partial charge in [0.05, 0.1) is 19.9 Å². The molecule has 9 heteroatoms. The van der Waals surface area contributed by atoms with Crippen molar-refractivity contribution in [3.8, 4) is 11.3 Å². The van der Waals surface area contributed by atoms with Crippen LogP contribution in [0, 0.1) is 0 Å². The van der Waals surface area contributed by atoms with Crippen LogP contribution in [-0.4, -0.2) is 42.3 Å². The Morgan fingerprint density at radius 2 is 1.88 bits per heavy atom. The summed E-state index contributed by atoms with van der Waals surface area (Å²) in [5.41, 5.74) is 1.98. The molecular weight excluding hydrogens is 492 g/mol. The Morgan fingerprint density at radius 1 is 1.15 bits per heavy atom. The van der Waals surface area contributed by atoms with E-state index in [-0.39, 0.29) is 23.1 Å². The van der Waals surface area contributed by atoms with Crippen LogP contribution in [0.15, 0.2) is 51.5 Å². The number of halogens is 1. The molecule has 2 aromatic heterocycles. The average molecular weight is 515 g/mol. The molecule has 172 valence electrons. The molecule has 0 bridgehead atoms. The zero-order chi connectivity index (χ0) is 23.9. The van der Waals surface area contributed by atoms with Crippen molar-refractivity contribution in [3.63, 3.8) is 0 Å². The van der Waals surface area contributed by atoms with E-state index in [9.17, 15) is 14.7 Å². The molecule has 0 saturated carbocycles. The third-order valence-electron chi connectivity index (χ3n) is 5.62.